The molecule has 0 aromatic carbocycles. The third kappa shape index (κ3) is 5.28. The maximum Gasteiger partial charge on any atom is 0.284 e. The number of nitrogens with one attached hydrogen (secondary N) is 1. The molecule has 3 rings (SSSR count). The van der Waals surface area contributed by atoms with E-state index in [4.69, 9.17) is 4.42 Å². The fraction of sp³-hybridized carbons (Fsp3) is 0.444. The summed E-state index contributed by atoms with van der Waals surface area (Å²) in [5.74, 6) is -0.873. The molecule has 3 heterocycles. The molecule has 1 aliphatic rings. The van der Waals surface area contributed by atoms with Gasteiger partial charge in [-0.3, -0.25) is 9.78 Å². The van der Waals surface area contributed by atoms with Gasteiger partial charge in [-0.1, -0.05) is 11.8 Å². The molecule has 0 bridgehead atoms. The number of amides is 1. The highest BCUT2D eigenvalue weighted by molar-refractivity contribution is 7.98. The number of nitrogens with zero attached hydrogens (tertiary/aromatic N) is 2. The Morgan fingerprint density at radius 2 is 1.92 bits per heavy atom. The number of piperidine rings is 1. The summed E-state index contributed by atoms with van der Waals surface area (Å²) in [6.45, 7) is 1.96. The fourth-order valence-corrected chi connectivity index (χ4v) is 3.39. The highest BCUT2D eigenvalue weighted by atomic mass is 32.2. The van der Waals surface area contributed by atoms with Crippen LogP contribution in [0.2, 0.25) is 0 Å². The summed E-state index contributed by atoms with van der Waals surface area (Å²) in [6, 6.07) is 7.32. The first kappa shape index (κ1) is 18.8. The van der Waals surface area contributed by atoms with Gasteiger partial charge in [-0.25, -0.2) is 0 Å². The van der Waals surface area contributed by atoms with Crippen molar-refractivity contribution in [1.29, 1.82) is 0 Å². The minimum atomic E-state index is -2.39. The van der Waals surface area contributed by atoms with Gasteiger partial charge in [0.15, 0.2) is 0 Å². The molecular weight excluding hydrogens is 360 g/mol. The number of aromatic nitrogens is 1. The number of likely N-dealkylation sites (tertiary alicyclic amines) is 1. The minimum absolute atomic E-state index is 0.0399. The first-order valence-electron chi connectivity index (χ1n) is 8.52. The van der Waals surface area contributed by atoms with Crippen LogP contribution in [0.15, 0.2) is 41.1 Å². The molecule has 2 aromatic heterocycles. The van der Waals surface area contributed by atoms with Crippen molar-refractivity contribution < 1.29 is 18.0 Å². The zero-order chi connectivity index (χ0) is 18.4. The number of rotatable bonds is 7. The molecular formula is C18H21F2N3O2S. The lowest BCUT2D eigenvalue weighted by Gasteiger charge is -2.32. The van der Waals surface area contributed by atoms with Crippen molar-refractivity contribution in [2.45, 2.75) is 36.9 Å². The Morgan fingerprint density at radius 3 is 2.62 bits per heavy atom. The first-order valence-corrected chi connectivity index (χ1v) is 9.56. The van der Waals surface area contributed by atoms with Gasteiger partial charge in [0, 0.05) is 37.1 Å². The van der Waals surface area contributed by atoms with Gasteiger partial charge in [-0.05, 0) is 37.1 Å². The second-order valence-electron chi connectivity index (χ2n) is 6.12. The molecule has 2 aromatic rings. The number of hydrogen-bond donors (Lipinski definition) is 1. The number of thioether (sulfide) groups is 1. The van der Waals surface area contributed by atoms with Gasteiger partial charge < -0.3 is 14.6 Å². The molecule has 1 amide bonds. The van der Waals surface area contributed by atoms with Crippen LogP contribution in [0.5, 0.6) is 0 Å². The van der Waals surface area contributed by atoms with E-state index < -0.39 is 5.76 Å². The van der Waals surface area contributed by atoms with Gasteiger partial charge in [-0.15, -0.1) is 0 Å². The number of carbonyl (C=O) groups excluding carboxylic acids is 1. The molecule has 0 unspecified atom stereocenters. The Morgan fingerprint density at radius 1 is 1.23 bits per heavy atom. The molecule has 0 aliphatic carbocycles. The second-order valence-corrected chi connectivity index (χ2v) is 7.10. The van der Waals surface area contributed by atoms with E-state index in [1.165, 1.54) is 0 Å². The van der Waals surface area contributed by atoms with E-state index in [0.717, 1.165) is 18.6 Å². The summed E-state index contributed by atoms with van der Waals surface area (Å²) < 4.78 is 29.9. The Balaban J connectivity index is 1.41. The molecule has 0 saturated carbocycles. The van der Waals surface area contributed by atoms with Crippen molar-refractivity contribution in [2.24, 2.45) is 0 Å². The van der Waals surface area contributed by atoms with E-state index in [1.54, 1.807) is 30.6 Å². The van der Waals surface area contributed by atoms with Crippen LogP contribution in [0.1, 0.15) is 34.7 Å². The van der Waals surface area contributed by atoms with Gasteiger partial charge in [0.1, 0.15) is 11.5 Å². The van der Waals surface area contributed by atoms with Crippen molar-refractivity contribution in [3.8, 4) is 0 Å². The number of alkyl halides is 2. The SMILES string of the molecule is O=C(c1ccncc1)N1CCC(NCc2ccc(CSC(F)F)o2)CC1. The highest BCUT2D eigenvalue weighted by Crippen LogP contribution is 2.21. The number of carbonyl (C=O) groups is 1. The van der Waals surface area contributed by atoms with Crippen molar-refractivity contribution in [2.75, 3.05) is 13.1 Å². The number of hydrogen-bond acceptors (Lipinski definition) is 5. The largest absolute Gasteiger partial charge is 0.464 e. The third-order valence-corrected chi connectivity index (χ3v) is 5.05. The van der Waals surface area contributed by atoms with E-state index in [-0.39, 0.29) is 11.7 Å². The average Bonchev–Trinajstić information content (AvgIpc) is 3.13. The summed E-state index contributed by atoms with van der Waals surface area (Å²) in [7, 11) is 0. The van der Waals surface area contributed by atoms with E-state index >= 15 is 0 Å². The van der Waals surface area contributed by atoms with Crippen LogP contribution >= 0.6 is 11.8 Å². The van der Waals surface area contributed by atoms with Crippen LogP contribution in [0.4, 0.5) is 8.78 Å². The fourth-order valence-electron chi connectivity index (χ4n) is 2.95. The summed E-state index contributed by atoms with van der Waals surface area (Å²) >= 11 is 0.556. The van der Waals surface area contributed by atoms with E-state index in [0.29, 0.717) is 48.8 Å². The first-order chi connectivity index (χ1) is 12.6. The molecule has 1 N–H and O–H groups in total. The summed E-state index contributed by atoms with van der Waals surface area (Å²) in [5, 5.41) is 3.42. The van der Waals surface area contributed by atoms with Gasteiger partial charge >= 0.3 is 0 Å². The second kappa shape index (κ2) is 9.14. The molecule has 0 spiro atoms. The topological polar surface area (TPSA) is 58.4 Å². The van der Waals surface area contributed by atoms with Gasteiger partial charge in [0.05, 0.1) is 12.3 Å². The van der Waals surface area contributed by atoms with Crippen LogP contribution in [-0.2, 0) is 12.3 Å². The number of halogens is 2. The summed E-state index contributed by atoms with van der Waals surface area (Å²) in [4.78, 5) is 18.2. The molecule has 26 heavy (non-hydrogen) atoms. The number of pyridine rings is 1. The lowest BCUT2D eigenvalue weighted by Crippen LogP contribution is -2.44. The van der Waals surface area contributed by atoms with E-state index in [9.17, 15) is 13.6 Å². The average molecular weight is 381 g/mol. The predicted octanol–water partition coefficient (Wildman–Crippen LogP) is 3.52. The van der Waals surface area contributed by atoms with Gasteiger partial charge in [0.25, 0.3) is 11.7 Å². The van der Waals surface area contributed by atoms with Crippen molar-refractivity contribution in [1.82, 2.24) is 15.2 Å². The summed E-state index contributed by atoms with van der Waals surface area (Å²) in [5.41, 5.74) is 0.663. The Bertz CT molecular complexity index is 703. The zero-order valence-electron chi connectivity index (χ0n) is 14.2. The summed E-state index contributed by atoms with van der Waals surface area (Å²) in [6.07, 6.45) is 4.98. The molecule has 1 saturated heterocycles. The Hall–Kier alpha value is -1.93. The quantitative estimate of drug-likeness (QED) is 0.795. The predicted molar refractivity (Wildman–Crippen MR) is 96.0 cm³/mol. The van der Waals surface area contributed by atoms with E-state index in [2.05, 4.69) is 10.3 Å². The maximum atomic E-state index is 12.4. The standard InChI is InChI=1S/C18H21F2N3O2S/c19-18(20)26-12-16-2-1-15(25-16)11-22-14-5-9-23(10-6-14)17(24)13-3-7-21-8-4-13/h1-4,7-8,14,18,22H,5-6,9-12H2. The molecule has 8 heteroatoms. The smallest absolute Gasteiger partial charge is 0.284 e. The van der Waals surface area contributed by atoms with Crippen LogP contribution in [0.3, 0.4) is 0 Å². The van der Waals surface area contributed by atoms with Gasteiger partial charge in [0.2, 0.25) is 0 Å². The van der Waals surface area contributed by atoms with Crippen molar-refractivity contribution >= 4 is 17.7 Å². The Kier molecular flexibility index (Phi) is 6.62. The monoisotopic (exact) mass is 381 g/mol. The minimum Gasteiger partial charge on any atom is -0.464 e. The van der Waals surface area contributed by atoms with Crippen LogP contribution in [0, 0.1) is 0 Å². The molecule has 140 valence electrons. The molecule has 0 radical (unpaired) electrons. The maximum absolute atomic E-state index is 12.4. The number of furan rings is 1. The zero-order valence-corrected chi connectivity index (χ0v) is 15.1. The molecule has 1 fully saturated rings. The Labute approximate surface area is 155 Å². The van der Waals surface area contributed by atoms with Crippen LogP contribution < -0.4 is 5.32 Å². The molecule has 1 aliphatic heterocycles. The van der Waals surface area contributed by atoms with E-state index in [1.807, 2.05) is 11.0 Å². The molecule has 0 atom stereocenters. The lowest BCUT2D eigenvalue weighted by atomic mass is 10.0. The van der Waals surface area contributed by atoms with Crippen molar-refractivity contribution in [3.05, 3.63) is 53.7 Å². The lowest BCUT2D eigenvalue weighted by molar-refractivity contribution is 0.0704. The molecule has 5 nitrogen and oxygen atoms in total. The van der Waals surface area contributed by atoms with Crippen LogP contribution in [-0.4, -0.2) is 40.7 Å². The van der Waals surface area contributed by atoms with Crippen molar-refractivity contribution in [3.63, 3.8) is 0 Å². The third-order valence-electron chi connectivity index (χ3n) is 4.34. The van der Waals surface area contributed by atoms with Crippen LogP contribution in [0.25, 0.3) is 0 Å². The normalized spacial score (nSPS) is 15.6. The highest BCUT2D eigenvalue weighted by Gasteiger charge is 2.23. The van der Waals surface area contributed by atoms with Gasteiger partial charge in [-0.2, -0.15) is 8.78 Å².